The fourth-order valence-corrected chi connectivity index (χ4v) is 4.10. The molecule has 2 heterocycles. The van der Waals surface area contributed by atoms with Gasteiger partial charge in [0.15, 0.2) is 0 Å². The van der Waals surface area contributed by atoms with Gasteiger partial charge in [-0.25, -0.2) is 4.98 Å². The summed E-state index contributed by atoms with van der Waals surface area (Å²) in [5.74, 6) is 0.891. The van der Waals surface area contributed by atoms with E-state index in [0.717, 1.165) is 50.1 Å². The molecule has 0 fully saturated rings. The maximum atomic E-state index is 13.2. The highest BCUT2D eigenvalue weighted by Gasteiger charge is 2.17. The van der Waals surface area contributed by atoms with Crippen molar-refractivity contribution in [1.29, 1.82) is 5.26 Å². The van der Waals surface area contributed by atoms with Gasteiger partial charge < -0.3 is 25.4 Å². The van der Waals surface area contributed by atoms with E-state index in [4.69, 9.17) is 5.11 Å². The normalized spacial score (nSPS) is 15.4. The van der Waals surface area contributed by atoms with E-state index in [9.17, 15) is 10.1 Å². The summed E-state index contributed by atoms with van der Waals surface area (Å²) in [5.41, 5.74) is 2.38. The number of aromatic nitrogens is 2. The number of anilines is 4. The van der Waals surface area contributed by atoms with Gasteiger partial charge in [-0.1, -0.05) is 37.6 Å². The number of hydrogen-bond donors (Lipinski definition) is 4. The van der Waals surface area contributed by atoms with E-state index in [0.29, 0.717) is 17.3 Å². The van der Waals surface area contributed by atoms with Gasteiger partial charge in [0.2, 0.25) is 5.95 Å². The Kier molecular flexibility index (Phi) is 9.59. The summed E-state index contributed by atoms with van der Waals surface area (Å²) >= 11 is 1.41. The molecule has 2 aromatic rings. The van der Waals surface area contributed by atoms with Crippen LogP contribution in [0.15, 0.2) is 24.3 Å². The third kappa shape index (κ3) is 7.51. The third-order valence-electron chi connectivity index (χ3n) is 5.32. The third-order valence-corrected chi connectivity index (χ3v) is 6.09. The monoisotopic (exact) mass is 469 g/mol. The van der Waals surface area contributed by atoms with Crippen LogP contribution in [0.25, 0.3) is 0 Å². The highest BCUT2D eigenvalue weighted by molar-refractivity contribution is 8.00. The molecule has 0 saturated heterocycles. The molecule has 0 radical (unpaired) electrons. The maximum absolute atomic E-state index is 13.2. The predicted octanol–water partition coefficient (Wildman–Crippen LogP) is 3.86. The van der Waals surface area contributed by atoms with Crippen LogP contribution in [-0.4, -0.2) is 53.5 Å². The van der Waals surface area contributed by atoms with Crippen molar-refractivity contribution in [2.45, 2.75) is 38.5 Å². The van der Waals surface area contributed by atoms with Crippen LogP contribution in [0.2, 0.25) is 0 Å². The number of nitrogens with zero attached hydrogens (tertiary/aromatic N) is 4. The smallest absolute Gasteiger partial charge is 0.258 e. The Labute approximate surface area is 199 Å². The topological polar surface area (TPSA) is 126 Å². The van der Waals surface area contributed by atoms with Crippen molar-refractivity contribution in [3.8, 4) is 6.07 Å². The summed E-state index contributed by atoms with van der Waals surface area (Å²) < 4.78 is 3.21. The van der Waals surface area contributed by atoms with Crippen LogP contribution >= 0.6 is 11.9 Å². The number of aliphatic hydroxyl groups is 1. The first-order valence-electron chi connectivity index (χ1n) is 11.3. The Morgan fingerprint density at radius 1 is 1.18 bits per heavy atom. The second-order valence-electron chi connectivity index (χ2n) is 7.90. The van der Waals surface area contributed by atoms with Gasteiger partial charge >= 0.3 is 0 Å². The Morgan fingerprint density at radius 3 is 2.76 bits per heavy atom. The molecule has 33 heavy (non-hydrogen) atoms. The predicted molar refractivity (Wildman–Crippen MR) is 134 cm³/mol. The van der Waals surface area contributed by atoms with Crippen LogP contribution < -0.4 is 20.3 Å². The molecular weight excluding hydrogens is 438 g/mol. The second kappa shape index (κ2) is 12.9. The first-order valence-corrected chi connectivity index (χ1v) is 12.3. The number of hydrogen-bond acceptors (Lipinski definition) is 9. The van der Waals surface area contributed by atoms with Crippen molar-refractivity contribution in [3.05, 3.63) is 35.5 Å². The molecule has 176 valence electrons. The second-order valence-corrected chi connectivity index (χ2v) is 8.80. The van der Waals surface area contributed by atoms with E-state index < -0.39 is 0 Å². The lowest BCUT2D eigenvalue weighted by Gasteiger charge is -2.23. The van der Waals surface area contributed by atoms with Crippen molar-refractivity contribution in [2.24, 2.45) is 0 Å². The number of aliphatic hydroxyl groups excluding tert-OH is 1. The van der Waals surface area contributed by atoms with Crippen LogP contribution in [0, 0.1) is 11.3 Å². The number of benzene rings is 1. The molecule has 9 nitrogen and oxygen atoms in total. The summed E-state index contributed by atoms with van der Waals surface area (Å²) in [6.07, 6.45) is 6.64. The van der Waals surface area contributed by atoms with Crippen LogP contribution in [0.5, 0.6) is 0 Å². The van der Waals surface area contributed by atoms with Gasteiger partial charge in [-0.05, 0) is 31.0 Å². The summed E-state index contributed by atoms with van der Waals surface area (Å²) in [6, 6.07) is 9.07. The summed E-state index contributed by atoms with van der Waals surface area (Å²) in [4.78, 5) is 23.9. The van der Waals surface area contributed by atoms with Gasteiger partial charge in [-0.3, -0.25) is 4.79 Å². The van der Waals surface area contributed by atoms with Gasteiger partial charge in [0.05, 0.1) is 17.9 Å². The number of nitriles is 1. The fraction of sp³-hybridized carbons (Fsp3) is 0.478. The lowest BCUT2D eigenvalue weighted by Crippen LogP contribution is -2.23. The number of nitrogens with one attached hydrogen (secondary N) is 3. The molecule has 1 aliphatic heterocycles. The molecule has 3 rings (SSSR count). The zero-order valence-electron chi connectivity index (χ0n) is 18.9. The quantitative estimate of drug-likeness (QED) is 0.390. The Balaban J connectivity index is 1.90. The molecule has 0 atom stereocenters. The molecule has 1 amide bonds. The van der Waals surface area contributed by atoms with Crippen molar-refractivity contribution in [3.63, 3.8) is 0 Å². The minimum absolute atomic E-state index is 0.0887. The maximum Gasteiger partial charge on any atom is 0.258 e. The first-order chi connectivity index (χ1) is 16.1. The van der Waals surface area contributed by atoms with E-state index in [2.05, 4.69) is 30.2 Å². The molecule has 1 aliphatic rings. The molecule has 0 saturated carbocycles. The average molecular weight is 470 g/mol. The van der Waals surface area contributed by atoms with Gasteiger partial charge in [-0.15, -0.1) is 0 Å². The highest BCUT2D eigenvalue weighted by atomic mass is 32.2. The lowest BCUT2D eigenvalue weighted by atomic mass is 10.1. The van der Waals surface area contributed by atoms with E-state index >= 15 is 0 Å². The Morgan fingerprint density at radius 2 is 1.97 bits per heavy atom. The van der Waals surface area contributed by atoms with E-state index in [-0.39, 0.29) is 24.0 Å². The number of rotatable bonds is 4. The molecular formula is C23H31N7O2S. The fourth-order valence-electron chi connectivity index (χ4n) is 3.62. The number of fused-ring (bicyclic) bond motifs is 3. The zero-order chi connectivity index (χ0) is 23.5. The Hall–Kier alpha value is -3.03. The minimum atomic E-state index is -0.302. The minimum Gasteiger partial charge on any atom is -0.395 e. The van der Waals surface area contributed by atoms with Crippen molar-refractivity contribution in [1.82, 2.24) is 9.97 Å². The first kappa shape index (κ1) is 24.6. The SMILES string of the molecule is CN1CCCCCCCCNc2nc(C#N)cc(n2)NC(=O)c2ccc(NSCCO)cc21. The van der Waals surface area contributed by atoms with Gasteiger partial charge in [0.25, 0.3) is 5.91 Å². The van der Waals surface area contributed by atoms with E-state index in [1.165, 1.54) is 30.9 Å². The molecule has 0 unspecified atom stereocenters. The number of amides is 1. The standard InChI is InChI=1S/C23H31N7O2S/c1-30-11-7-5-3-2-4-6-10-25-23-26-18(16-24)15-21(28-23)27-22(32)19-9-8-17(14-20(19)30)29-33-13-12-31/h8-9,14-15,29,31H,2-7,10-13H2,1H3,(H2,25,26,27,28,32). The molecule has 10 heteroatoms. The molecule has 1 aromatic carbocycles. The van der Waals surface area contributed by atoms with Crippen LogP contribution in [0.4, 0.5) is 23.1 Å². The number of carbonyl (C=O) groups excluding carboxylic acids is 1. The van der Waals surface area contributed by atoms with E-state index in [1.54, 1.807) is 6.07 Å². The summed E-state index contributed by atoms with van der Waals surface area (Å²) in [7, 11) is 1.99. The summed E-state index contributed by atoms with van der Waals surface area (Å²) in [6.45, 7) is 1.65. The lowest BCUT2D eigenvalue weighted by molar-refractivity contribution is 0.102. The molecule has 4 N–H and O–H groups in total. The Bertz CT molecular complexity index is 980. The van der Waals surface area contributed by atoms with Gasteiger partial charge in [0.1, 0.15) is 17.6 Å². The van der Waals surface area contributed by atoms with Gasteiger partial charge in [0, 0.05) is 37.6 Å². The van der Waals surface area contributed by atoms with Crippen molar-refractivity contribution in [2.75, 3.05) is 52.8 Å². The molecule has 0 aliphatic carbocycles. The van der Waals surface area contributed by atoms with Crippen molar-refractivity contribution >= 4 is 41.0 Å². The zero-order valence-corrected chi connectivity index (χ0v) is 19.7. The van der Waals surface area contributed by atoms with Crippen LogP contribution in [0.3, 0.4) is 0 Å². The highest BCUT2D eigenvalue weighted by Crippen LogP contribution is 2.27. The molecule has 0 spiro atoms. The van der Waals surface area contributed by atoms with E-state index in [1.807, 2.05) is 25.2 Å². The molecule has 1 aromatic heterocycles. The summed E-state index contributed by atoms with van der Waals surface area (Å²) in [5, 5.41) is 24.4. The molecule has 2 bridgehead atoms. The van der Waals surface area contributed by atoms with Crippen molar-refractivity contribution < 1.29 is 9.90 Å². The number of carbonyl (C=O) groups is 1. The van der Waals surface area contributed by atoms with Crippen LogP contribution in [-0.2, 0) is 0 Å². The largest absolute Gasteiger partial charge is 0.395 e. The van der Waals surface area contributed by atoms with Crippen LogP contribution in [0.1, 0.15) is 54.6 Å². The van der Waals surface area contributed by atoms with Gasteiger partial charge in [-0.2, -0.15) is 10.2 Å². The average Bonchev–Trinajstić information content (AvgIpc) is 2.82.